The van der Waals surface area contributed by atoms with Gasteiger partial charge >= 0.3 is 37.7 Å². The Hall–Kier alpha value is -2.84. The van der Waals surface area contributed by atoms with E-state index in [1.165, 1.54) is 6.07 Å². The Bertz CT molecular complexity index is 1680. The van der Waals surface area contributed by atoms with Crippen LogP contribution in [0, 0.1) is 0 Å². The van der Waals surface area contributed by atoms with E-state index in [0.717, 1.165) is 69.6 Å². The summed E-state index contributed by atoms with van der Waals surface area (Å²) in [6, 6.07) is 22.0. The van der Waals surface area contributed by atoms with Crippen LogP contribution in [0.15, 0.2) is 94.7 Å². The molecule has 0 bridgehead atoms. The average Bonchev–Trinajstić information content (AvgIpc) is 3.03. The van der Waals surface area contributed by atoms with Crippen molar-refractivity contribution < 1.29 is 45.6 Å². The van der Waals surface area contributed by atoms with Gasteiger partial charge in [0, 0.05) is 17.7 Å². The van der Waals surface area contributed by atoms with E-state index in [4.69, 9.17) is 9.47 Å². The summed E-state index contributed by atoms with van der Waals surface area (Å²) in [5.41, 5.74) is 0.949. The molecule has 0 saturated carbocycles. The third-order valence-electron chi connectivity index (χ3n) is 7.39. The topological polar surface area (TPSA) is 173 Å². The van der Waals surface area contributed by atoms with Crippen LogP contribution in [0.4, 0.5) is 0 Å². The number of ether oxygens (including phenoxy) is 2. The third-order valence-corrected chi connectivity index (χ3v) is 9.03. The van der Waals surface area contributed by atoms with Crippen LogP contribution in [-0.4, -0.2) is 68.8 Å². The fourth-order valence-corrected chi connectivity index (χ4v) is 5.88. The maximum Gasteiger partial charge on any atom is 2.00 e. The predicted molar refractivity (Wildman–Crippen MR) is 186 cm³/mol. The third kappa shape index (κ3) is 14.1. The Morgan fingerprint density at radius 3 is 1.53 bits per heavy atom. The fraction of sp³-hybridized carbons (Fsp3) is 0.333. The predicted octanol–water partition coefficient (Wildman–Crippen LogP) is 7.75. The minimum Gasteiger partial charge on any atom is -0.872 e. The molecule has 4 aromatic rings. The molecule has 0 heterocycles. The van der Waals surface area contributed by atoms with Crippen molar-refractivity contribution >= 4 is 58.0 Å². The molecule has 0 aliphatic carbocycles. The maximum absolute atomic E-state index is 12.3. The zero-order chi connectivity index (χ0) is 35.2. The van der Waals surface area contributed by atoms with Crippen LogP contribution in [0.3, 0.4) is 0 Å². The summed E-state index contributed by atoms with van der Waals surface area (Å²) in [6.07, 6.45) is 9.04. The van der Waals surface area contributed by atoms with Crippen LogP contribution in [-0.2, 0) is 33.1 Å². The number of aromatic hydroxyl groups is 1. The summed E-state index contributed by atoms with van der Waals surface area (Å²) >= 11 is 0. The SMILES string of the molecule is CCCCCCc1c(O)cc(S(=O)(=O)O)cc1Oc1ccccc1.CCCCCCc1c([O-])cc(S(=O)(=O)[O-])cc1Oc1ccccc1.[Ca+2]. The molecule has 2 N–H and O–H groups in total. The molecule has 0 fully saturated rings. The summed E-state index contributed by atoms with van der Waals surface area (Å²) in [7, 11) is -9.14. The van der Waals surface area contributed by atoms with Gasteiger partial charge in [-0.25, -0.2) is 8.42 Å². The number of phenols is 1. The van der Waals surface area contributed by atoms with Gasteiger partial charge in [-0.15, -0.1) is 5.75 Å². The Balaban J connectivity index is 0.000000333. The standard InChI is InChI=1S/2C18H22O5S.Ca/c2*1-2-3-4-8-11-16-17(19)12-15(24(20,21)22)13-18(16)23-14-9-6-5-7-10-14;/h2*5-7,9-10,12-13,19H,2-4,8,11H2,1H3,(H,20,21,22);/q;;+2/p-2. The van der Waals surface area contributed by atoms with Gasteiger partial charge in [-0.2, -0.15) is 8.42 Å². The number of benzene rings is 4. The Labute approximate surface area is 319 Å². The summed E-state index contributed by atoms with van der Waals surface area (Å²) < 4.78 is 77.2. The molecule has 0 atom stereocenters. The molecule has 4 aromatic carbocycles. The van der Waals surface area contributed by atoms with Gasteiger partial charge in [0.2, 0.25) is 0 Å². The van der Waals surface area contributed by atoms with Crippen LogP contribution in [0.1, 0.15) is 76.3 Å². The molecule has 10 nitrogen and oxygen atoms in total. The molecule has 0 amide bonds. The van der Waals surface area contributed by atoms with Crippen molar-refractivity contribution in [1.29, 1.82) is 0 Å². The molecule has 260 valence electrons. The molecule has 0 aliphatic rings. The van der Waals surface area contributed by atoms with Gasteiger partial charge in [-0.1, -0.05) is 94.8 Å². The molecule has 0 aliphatic heterocycles. The number of phenolic OH excluding ortho intramolecular Hbond substituents is 1. The first-order valence-corrected chi connectivity index (χ1v) is 18.8. The minimum absolute atomic E-state index is 0. The van der Waals surface area contributed by atoms with Crippen molar-refractivity contribution in [3.8, 4) is 34.5 Å². The van der Waals surface area contributed by atoms with E-state index in [-0.39, 0.29) is 59.9 Å². The molecular formula is C36H42CaO10S2. The van der Waals surface area contributed by atoms with E-state index in [0.29, 0.717) is 35.5 Å². The molecular weight excluding hydrogens is 697 g/mol. The quantitative estimate of drug-likeness (QED) is 0.0657. The van der Waals surface area contributed by atoms with E-state index in [2.05, 4.69) is 13.8 Å². The van der Waals surface area contributed by atoms with Gasteiger partial charge in [0.1, 0.15) is 43.8 Å². The van der Waals surface area contributed by atoms with Gasteiger partial charge in [0.15, 0.2) is 0 Å². The Morgan fingerprint density at radius 1 is 0.633 bits per heavy atom. The van der Waals surface area contributed by atoms with Gasteiger partial charge in [0.05, 0.1) is 4.90 Å². The molecule has 0 radical (unpaired) electrons. The van der Waals surface area contributed by atoms with Gasteiger partial charge < -0.3 is 24.2 Å². The monoisotopic (exact) mass is 738 g/mol. The second-order valence-electron chi connectivity index (χ2n) is 11.2. The number of hydrogen-bond donors (Lipinski definition) is 2. The van der Waals surface area contributed by atoms with E-state index < -0.39 is 30.9 Å². The molecule has 4 rings (SSSR count). The van der Waals surface area contributed by atoms with Crippen LogP contribution >= 0.6 is 0 Å². The molecule has 13 heteroatoms. The summed E-state index contributed by atoms with van der Waals surface area (Å²) in [6.45, 7) is 4.21. The van der Waals surface area contributed by atoms with E-state index in [1.807, 2.05) is 12.1 Å². The number of unbranched alkanes of at least 4 members (excludes halogenated alkanes) is 6. The van der Waals surface area contributed by atoms with Crippen LogP contribution < -0.4 is 14.6 Å². The van der Waals surface area contributed by atoms with Crippen molar-refractivity contribution in [3.05, 3.63) is 96.1 Å². The van der Waals surface area contributed by atoms with Gasteiger partial charge in [-0.3, -0.25) is 4.55 Å². The Morgan fingerprint density at radius 2 is 1.08 bits per heavy atom. The van der Waals surface area contributed by atoms with E-state index >= 15 is 0 Å². The zero-order valence-corrected chi connectivity index (χ0v) is 31.7. The number of rotatable bonds is 16. The molecule has 0 spiro atoms. The average molecular weight is 739 g/mol. The van der Waals surface area contributed by atoms with Crippen molar-refractivity contribution in [2.24, 2.45) is 0 Å². The summed E-state index contributed by atoms with van der Waals surface area (Å²) in [5, 5.41) is 22.5. The summed E-state index contributed by atoms with van der Waals surface area (Å²) in [5.74, 6) is 0.721. The van der Waals surface area contributed by atoms with Crippen LogP contribution in [0.5, 0.6) is 34.5 Å². The van der Waals surface area contributed by atoms with E-state index in [1.54, 1.807) is 48.5 Å². The van der Waals surface area contributed by atoms with Crippen LogP contribution in [0.2, 0.25) is 0 Å². The van der Waals surface area contributed by atoms with Crippen molar-refractivity contribution in [1.82, 2.24) is 0 Å². The fourth-order valence-electron chi connectivity index (χ4n) is 4.86. The van der Waals surface area contributed by atoms with Crippen molar-refractivity contribution in [2.75, 3.05) is 0 Å². The molecule has 0 unspecified atom stereocenters. The second-order valence-corrected chi connectivity index (χ2v) is 14.0. The second kappa shape index (κ2) is 20.7. The Kier molecular flexibility index (Phi) is 17.9. The first kappa shape index (κ1) is 42.3. The van der Waals surface area contributed by atoms with Gasteiger partial charge in [0.25, 0.3) is 10.1 Å². The van der Waals surface area contributed by atoms with E-state index in [9.17, 15) is 36.2 Å². The van der Waals surface area contributed by atoms with Crippen molar-refractivity contribution in [2.45, 2.75) is 87.8 Å². The molecule has 49 heavy (non-hydrogen) atoms. The smallest absolute Gasteiger partial charge is 0.872 e. The minimum atomic E-state index is -4.72. The van der Waals surface area contributed by atoms with Crippen LogP contribution in [0.25, 0.3) is 0 Å². The molecule has 0 aromatic heterocycles. The first-order valence-electron chi connectivity index (χ1n) is 15.9. The van der Waals surface area contributed by atoms with Gasteiger partial charge in [-0.05, 0) is 61.6 Å². The molecule has 0 saturated heterocycles. The summed E-state index contributed by atoms with van der Waals surface area (Å²) in [4.78, 5) is -0.945. The number of para-hydroxylation sites is 2. The zero-order valence-electron chi connectivity index (χ0n) is 27.8. The largest absolute Gasteiger partial charge is 2.00 e. The maximum atomic E-state index is 12.3. The normalized spacial score (nSPS) is 11.2. The van der Waals surface area contributed by atoms with Crippen molar-refractivity contribution in [3.63, 3.8) is 0 Å². The first-order chi connectivity index (χ1) is 22.8. The number of hydrogen-bond acceptors (Lipinski definition) is 9.